The summed E-state index contributed by atoms with van der Waals surface area (Å²) in [7, 11) is 0. The number of Topliss-reactive ketones (excluding diaryl/α,β-unsaturated/α-hetero) is 1. The number of hydrogen-bond donors (Lipinski definition) is 0. The van der Waals surface area contributed by atoms with Crippen LogP contribution in [0, 0.1) is 5.92 Å². The molecule has 1 amide bonds. The van der Waals surface area contributed by atoms with E-state index in [0.717, 1.165) is 23.3 Å². The fraction of sp³-hybridized carbons (Fsp3) is 0.471. The fourth-order valence-electron chi connectivity index (χ4n) is 3.06. The van der Waals surface area contributed by atoms with Gasteiger partial charge in [-0.2, -0.15) is 0 Å². The average Bonchev–Trinajstić information content (AvgIpc) is 3.19. The van der Waals surface area contributed by atoms with Gasteiger partial charge in [0, 0.05) is 35.9 Å². The van der Waals surface area contributed by atoms with Crippen LogP contribution in [0.25, 0.3) is 0 Å². The number of carbonyl (C=O) groups is 2. The summed E-state index contributed by atoms with van der Waals surface area (Å²) in [6, 6.07) is 7.70. The van der Waals surface area contributed by atoms with E-state index in [0.29, 0.717) is 26.1 Å². The molecule has 1 fully saturated rings. The number of tetrazole rings is 1. The van der Waals surface area contributed by atoms with Crippen LogP contribution in [0.5, 0.6) is 0 Å². The Hall–Kier alpha value is -2.22. The third-order valence-corrected chi connectivity index (χ3v) is 5.21. The second kappa shape index (κ2) is 8.24. The number of nitrogens with zero attached hydrogens (tertiary/aromatic N) is 5. The molecule has 1 aromatic heterocycles. The van der Waals surface area contributed by atoms with Crippen molar-refractivity contribution in [3.63, 3.8) is 0 Å². The summed E-state index contributed by atoms with van der Waals surface area (Å²) in [6.07, 6.45) is 5.54. The van der Waals surface area contributed by atoms with Crippen LogP contribution in [0.4, 0.5) is 0 Å². The standard InChI is InChI=1S/C17H21N5O2S/c1-25-15-6-4-13(5-7-15)17(24)14-3-2-9-21(11-14)16(23)8-10-22-12-18-19-20-22/h4-7,12,14H,2-3,8-11H2,1H3/t14-/m1/s1. The van der Waals surface area contributed by atoms with E-state index in [2.05, 4.69) is 15.5 Å². The van der Waals surface area contributed by atoms with Crippen LogP contribution in [-0.4, -0.2) is 56.1 Å². The molecule has 8 heteroatoms. The number of aryl methyl sites for hydroxylation is 1. The second-order valence-corrected chi connectivity index (χ2v) is 6.97. The zero-order chi connectivity index (χ0) is 17.6. The van der Waals surface area contributed by atoms with Gasteiger partial charge >= 0.3 is 0 Å². The molecule has 1 aliphatic rings. The Bertz CT molecular complexity index is 717. The minimum Gasteiger partial charge on any atom is -0.342 e. The zero-order valence-corrected chi connectivity index (χ0v) is 15.0. The first-order chi connectivity index (χ1) is 12.2. The number of carbonyl (C=O) groups excluding carboxylic acids is 2. The molecule has 0 unspecified atom stereocenters. The summed E-state index contributed by atoms with van der Waals surface area (Å²) in [5.41, 5.74) is 0.728. The maximum atomic E-state index is 12.7. The SMILES string of the molecule is CSc1ccc(C(=O)[C@@H]2CCCN(C(=O)CCn3cnnn3)C2)cc1. The maximum Gasteiger partial charge on any atom is 0.224 e. The van der Waals surface area contributed by atoms with E-state index in [1.807, 2.05) is 30.5 Å². The van der Waals surface area contributed by atoms with E-state index in [-0.39, 0.29) is 17.6 Å². The number of ketones is 1. The Morgan fingerprint density at radius 1 is 1.28 bits per heavy atom. The van der Waals surface area contributed by atoms with Gasteiger partial charge in [-0.05, 0) is 41.7 Å². The van der Waals surface area contributed by atoms with Gasteiger partial charge in [-0.3, -0.25) is 9.59 Å². The highest BCUT2D eigenvalue weighted by Crippen LogP contribution is 2.23. The van der Waals surface area contributed by atoms with Gasteiger partial charge in [-0.1, -0.05) is 12.1 Å². The summed E-state index contributed by atoms with van der Waals surface area (Å²) >= 11 is 1.65. The topological polar surface area (TPSA) is 81.0 Å². The first-order valence-electron chi connectivity index (χ1n) is 8.34. The predicted molar refractivity (Wildman–Crippen MR) is 94.3 cm³/mol. The van der Waals surface area contributed by atoms with E-state index in [1.54, 1.807) is 16.7 Å². The third kappa shape index (κ3) is 4.45. The monoisotopic (exact) mass is 359 g/mol. The normalized spacial score (nSPS) is 17.5. The van der Waals surface area contributed by atoms with Crippen molar-refractivity contribution in [3.05, 3.63) is 36.2 Å². The summed E-state index contributed by atoms with van der Waals surface area (Å²) in [4.78, 5) is 28.1. The van der Waals surface area contributed by atoms with Crippen molar-refractivity contribution in [2.24, 2.45) is 5.92 Å². The summed E-state index contributed by atoms with van der Waals surface area (Å²) in [6.45, 7) is 1.66. The number of hydrogen-bond acceptors (Lipinski definition) is 6. The van der Waals surface area contributed by atoms with Gasteiger partial charge in [0.2, 0.25) is 5.91 Å². The van der Waals surface area contributed by atoms with Crippen LogP contribution in [0.15, 0.2) is 35.5 Å². The third-order valence-electron chi connectivity index (χ3n) is 4.47. The van der Waals surface area contributed by atoms with E-state index in [4.69, 9.17) is 0 Å². The van der Waals surface area contributed by atoms with Gasteiger partial charge < -0.3 is 4.90 Å². The molecule has 2 aromatic rings. The second-order valence-electron chi connectivity index (χ2n) is 6.09. The largest absolute Gasteiger partial charge is 0.342 e. The molecule has 0 aliphatic carbocycles. The maximum absolute atomic E-state index is 12.7. The highest BCUT2D eigenvalue weighted by Gasteiger charge is 2.28. The molecule has 0 bridgehead atoms. The van der Waals surface area contributed by atoms with Gasteiger partial charge in [-0.15, -0.1) is 16.9 Å². The number of amides is 1. The molecule has 2 heterocycles. The molecule has 3 rings (SSSR count). The molecule has 1 atom stereocenters. The Kier molecular flexibility index (Phi) is 5.80. The lowest BCUT2D eigenvalue weighted by atomic mass is 9.90. The van der Waals surface area contributed by atoms with E-state index in [1.165, 1.54) is 11.0 Å². The van der Waals surface area contributed by atoms with Crippen LogP contribution >= 0.6 is 11.8 Å². The summed E-state index contributed by atoms with van der Waals surface area (Å²) in [5.74, 6) is 0.0576. The highest BCUT2D eigenvalue weighted by molar-refractivity contribution is 7.98. The minimum atomic E-state index is -0.120. The molecule has 0 N–H and O–H groups in total. The fourth-order valence-corrected chi connectivity index (χ4v) is 3.47. The van der Waals surface area contributed by atoms with Gasteiger partial charge in [0.05, 0.1) is 6.54 Å². The molecular formula is C17H21N5O2S. The molecule has 1 aromatic carbocycles. The first-order valence-corrected chi connectivity index (χ1v) is 9.56. The molecular weight excluding hydrogens is 338 g/mol. The lowest BCUT2D eigenvalue weighted by Crippen LogP contribution is -2.42. The van der Waals surface area contributed by atoms with E-state index < -0.39 is 0 Å². The number of rotatable bonds is 6. The van der Waals surface area contributed by atoms with Crippen molar-refractivity contribution in [2.45, 2.75) is 30.7 Å². The average molecular weight is 359 g/mol. The lowest BCUT2D eigenvalue weighted by molar-refractivity contribution is -0.132. The quantitative estimate of drug-likeness (QED) is 0.579. The van der Waals surface area contributed by atoms with Crippen LogP contribution in [-0.2, 0) is 11.3 Å². The van der Waals surface area contributed by atoms with Crippen molar-refractivity contribution >= 4 is 23.5 Å². The van der Waals surface area contributed by atoms with Crippen LogP contribution in [0.3, 0.4) is 0 Å². The van der Waals surface area contributed by atoms with Crippen LogP contribution in [0.1, 0.15) is 29.6 Å². The predicted octanol–water partition coefficient (Wildman–Crippen LogP) is 1.91. The lowest BCUT2D eigenvalue weighted by Gasteiger charge is -2.32. The Labute approximate surface area is 150 Å². The molecule has 1 aliphatic heterocycles. The van der Waals surface area contributed by atoms with Crippen LogP contribution < -0.4 is 0 Å². The summed E-state index contributed by atoms with van der Waals surface area (Å²) in [5, 5.41) is 10.9. The molecule has 7 nitrogen and oxygen atoms in total. The van der Waals surface area contributed by atoms with Gasteiger partial charge in [0.25, 0.3) is 0 Å². The Morgan fingerprint density at radius 3 is 2.76 bits per heavy atom. The summed E-state index contributed by atoms with van der Waals surface area (Å²) < 4.78 is 1.54. The molecule has 0 saturated carbocycles. The van der Waals surface area contributed by atoms with Crippen molar-refractivity contribution in [3.8, 4) is 0 Å². The minimum absolute atomic E-state index is 0.0470. The van der Waals surface area contributed by atoms with Crippen molar-refractivity contribution < 1.29 is 9.59 Å². The molecule has 0 radical (unpaired) electrons. The first kappa shape index (κ1) is 17.6. The van der Waals surface area contributed by atoms with Crippen molar-refractivity contribution in [1.29, 1.82) is 0 Å². The Balaban J connectivity index is 1.57. The van der Waals surface area contributed by atoms with Crippen molar-refractivity contribution in [1.82, 2.24) is 25.1 Å². The number of benzene rings is 1. The smallest absolute Gasteiger partial charge is 0.224 e. The van der Waals surface area contributed by atoms with Gasteiger partial charge in [0.1, 0.15) is 6.33 Å². The highest BCUT2D eigenvalue weighted by atomic mass is 32.2. The number of piperidine rings is 1. The number of likely N-dealkylation sites (tertiary alicyclic amines) is 1. The van der Waals surface area contributed by atoms with E-state index in [9.17, 15) is 9.59 Å². The van der Waals surface area contributed by atoms with Crippen LogP contribution in [0.2, 0.25) is 0 Å². The molecule has 25 heavy (non-hydrogen) atoms. The molecule has 1 saturated heterocycles. The number of aromatic nitrogens is 4. The van der Waals surface area contributed by atoms with Gasteiger partial charge in [-0.25, -0.2) is 4.68 Å². The molecule has 132 valence electrons. The van der Waals surface area contributed by atoms with Gasteiger partial charge in [0.15, 0.2) is 5.78 Å². The Morgan fingerprint density at radius 2 is 2.08 bits per heavy atom. The number of thioether (sulfide) groups is 1. The van der Waals surface area contributed by atoms with E-state index >= 15 is 0 Å². The zero-order valence-electron chi connectivity index (χ0n) is 14.2. The molecule has 0 spiro atoms. The van der Waals surface area contributed by atoms with Crippen molar-refractivity contribution in [2.75, 3.05) is 19.3 Å².